The maximum Gasteiger partial charge on any atom is 0.329 e. The molecule has 0 atom stereocenters. The molecule has 0 unspecified atom stereocenters. The van der Waals surface area contributed by atoms with E-state index in [0.717, 1.165) is 5.69 Å². The van der Waals surface area contributed by atoms with Crippen molar-refractivity contribution in [2.24, 2.45) is 0 Å². The number of hydrogen-bond acceptors (Lipinski definition) is 5. The lowest BCUT2D eigenvalue weighted by atomic mass is 10.3. The molecule has 2 rings (SSSR count). The van der Waals surface area contributed by atoms with Crippen LogP contribution in [-0.4, -0.2) is 24.7 Å². The van der Waals surface area contributed by atoms with Crippen LogP contribution in [0.5, 0.6) is 0 Å². The van der Waals surface area contributed by atoms with E-state index < -0.39 is 4.92 Å². The summed E-state index contributed by atoms with van der Waals surface area (Å²) in [4.78, 5) is 18.8. The van der Waals surface area contributed by atoms with Crippen LogP contribution in [0.15, 0.2) is 6.07 Å². The van der Waals surface area contributed by atoms with Crippen LogP contribution in [0.25, 0.3) is 5.82 Å². The van der Waals surface area contributed by atoms with Crippen molar-refractivity contribution in [2.75, 3.05) is 0 Å². The maximum atomic E-state index is 11.0. The van der Waals surface area contributed by atoms with Gasteiger partial charge in [0, 0.05) is 11.8 Å². The summed E-state index contributed by atoms with van der Waals surface area (Å²) in [5.41, 5.74) is 0.914. The number of aryl methyl sites for hydroxylation is 3. The van der Waals surface area contributed by atoms with Crippen LogP contribution in [0.2, 0.25) is 5.15 Å². The minimum atomic E-state index is -0.522. The topological polar surface area (TPSA) is 86.7 Å². The first-order chi connectivity index (χ1) is 8.93. The monoisotopic (exact) mass is 281 g/mol. The molecule has 0 aliphatic heterocycles. The number of rotatable bonds is 3. The van der Waals surface area contributed by atoms with Crippen LogP contribution in [-0.2, 0) is 6.42 Å². The van der Waals surface area contributed by atoms with E-state index in [2.05, 4.69) is 15.1 Å². The molecule has 19 heavy (non-hydrogen) atoms. The van der Waals surface area contributed by atoms with Crippen LogP contribution in [0.3, 0.4) is 0 Å². The molecule has 2 heterocycles. The normalized spacial score (nSPS) is 10.7. The molecule has 0 saturated carbocycles. The van der Waals surface area contributed by atoms with Gasteiger partial charge in [-0.2, -0.15) is 9.78 Å². The molecule has 0 amide bonds. The van der Waals surface area contributed by atoms with E-state index in [1.807, 2.05) is 6.92 Å². The summed E-state index contributed by atoms with van der Waals surface area (Å²) in [7, 11) is 0. The average Bonchev–Trinajstić information content (AvgIpc) is 2.64. The lowest BCUT2D eigenvalue weighted by molar-refractivity contribution is -0.385. The highest BCUT2D eigenvalue weighted by Gasteiger charge is 2.26. The van der Waals surface area contributed by atoms with Gasteiger partial charge < -0.3 is 0 Å². The number of hydrogen-bond donors (Lipinski definition) is 0. The van der Waals surface area contributed by atoms with Gasteiger partial charge in [0.25, 0.3) is 0 Å². The van der Waals surface area contributed by atoms with Crippen molar-refractivity contribution in [3.05, 3.63) is 38.5 Å². The summed E-state index contributed by atoms with van der Waals surface area (Å²) in [5.74, 6) is 0.986. The van der Waals surface area contributed by atoms with Crippen LogP contribution >= 0.6 is 11.6 Å². The van der Waals surface area contributed by atoms with Gasteiger partial charge in [0.2, 0.25) is 5.15 Å². The molecule has 0 saturated heterocycles. The lowest BCUT2D eigenvalue weighted by Crippen LogP contribution is -2.04. The molecule has 7 nitrogen and oxygen atoms in total. The van der Waals surface area contributed by atoms with Crippen molar-refractivity contribution < 1.29 is 4.92 Å². The van der Waals surface area contributed by atoms with Gasteiger partial charge in [0.05, 0.1) is 4.92 Å². The van der Waals surface area contributed by atoms with Gasteiger partial charge in [-0.05, 0) is 20.3 Å². The summed E-state index contributed by atoms with van der Waals surface area (Å²) in [6.07, 6.45) is 0.423. The van der Waals surface area contributed by atoms with Crippen LogP contribution < -0.4 is 0 Å². The molecule has 0 aliphatic rings. The smallest absolute Gasteiger partial charge is 0.258 e. The zero-order valence-corrected chi connectivity index (χ0v) is 11.5. The summed E-state index contributed by atoms with van der Waals surface area (Å²) < 4.78 is 1.28. The van der Waals surface area contributed by atoms with Crippen molar-refractivity contribution in [1.29, 1.82) is 0 Å². The van der Waals surface area contributed by atoms with Crippen molar-refractivity contribution in [1.82, 2.24) is 19.7 Å². The number of halogens is 1. The molecule has 0 radical (unpaired) electrons. The van der Waals surface area contributed by atoms with E-state index in [0.29, 0.717) is 23.8 Å². The van der Waals surface area contributed by atoms with E-state index >= 15 is 0 Å². The van der Waals surface area contributed by atoms with Gasteiger partial charge in [0.1, 0.15) is 11.5 Å². The second kappa shape index (κ2) is 4.93. The molecule has 2 aromatic heterocycles. The Bertz CT molecular complexity index is 633. The fourth-order valence-electron chi connectivity index (χ4n) is 1.81. The summed E-state index contributed by atoms with van der Waals surface area (Å²) in [6, 6.07) is 1.68. The molecule has 0 fully saturated rings. The Labute approximate surface area is 114 Å². The Hall–Kier alpha value is -2.02. The van der Waals surface area contributed by atoms with E-state index in [9.17, 15) is 10.1 Å². The highest BCUT2D eigenvalue weighted by Crippen LogP contribution is 2.30. The van der Waals surface area contributed by atoms with Crippen molar-refractivity contribution >= 4 is 17.3 Å². The summed E-state index contributed by atoms with van der Waals surface area (Å²) in [6.45, 7) is 5.33. The van der Waals surface area contributed by atoms with E-state index in [1.165, 1.54) is 4.68 Å². The first-order valence-corrected chi connectivity index (χ1v) is 6.06. The molecule has 0 bridgehead atoms. The minimum Gasteiger partial charge on any atom is -0.258 e. The molecule has 0 aliphatic carbocycles. The fraction of sp³-hybridized carbons (Fsp3) is 0.364. The van der Waals surface area contributed by atoms with Gasteiger partial charge in [-0.3, -0.25) is 10.1 Å². The third-order valence-electron chi connectivity index (χ3n) is 2.56. The third kappa shape index (κ3) is 2.41. The quantitative estimate of drug-likeness (QED) is 0.637. The second-order valence-corrected chi connectivity index (χ2v) is 4.38. The van der Waals surface area contributed by atoms with Gasteiger partial charge in [-0.25, -0.2) is 9.97 Å². The van der Waals surface area contributed by atoms with E-state index in [4.69, 9.17) is 11.6 Å². The molecule has 8 heteroatoms. The van der Waals surface area contributed by atoms with Gasteiger partial charge in [-0.1, -0.05) is 18.5 Å². The van der Waals surface area contributed by atoms with Crippen molar-refractivity contribution in [2.45, 2.75) is 27.2 Å². The molecular formula is C11H12ClN5O2. The van der Waals surface area contributed by atoms with Gasteiger partial charge in [0.15, 0.2) is 5.82 Å². The Morgan fingerprint density at radius 1 is 1.42 bits per heavy atom. The zero-order valence-electron chi connectivity index (χ0n) is 10.7. The van der Waals surface area contributed by atoms with E-state index in [1.54, 1.807) is 19.9 Å². The first kappa shape index (κ1) is 13.4. The molecule has 0 aromatic carbocycles. The highest BCUT2D eigenvalue weighted by molar-refractivity contribution is 6.32. The minimum absolute atomic E-state index is 0.0423. The largest absolute Gasteiger partial charge is 0.329 e. The predicted octanol–water partition coefficient (Wildman–Crippen LogP) is 2.40. The fourth-order valence-corrected chi connectivity index (χ4v) is 2.11. The second-order valence-electron chi connectivity index (χ2n) is 4.02. The molecule has 0 spiro atoms. The van der Waals surface area contributed by atoms with Crippen LogP contribution in [0.4, 0.5) is 5.69 Å². The molecule has 2 aromatic rings. The number of nitrogens with zero attached hydrogens (tertiary/aromatic N) is 5. The summed E-state index contributed by atoms with van der Waals surface area (Å²) in [5, 5.41) is 15.1. The first-order valence-electron chi connectivity index (χ1n) is 5.68. The predicted molar refractivity (Wildman–Crippen MR) is 69.7 cm³/mol. The Morgan fingerprint density at radius 3 is 2.58 bits per heavy atom. The molecule has 0 N–H and O–H groups in total. The van der Waals surface area contributed by atoms with Gasteiger partial charge >= 0.3 is 5.69 Å². The average molecular weight is 282 g/mol. The van der Waals surface area contributed by atoms with Crippen LogP contribution in [0, 0.1) is 24.0 Å². The lowest BCUT2D eigenvalue weighted by Gasteiger charge is -2.03. The van der Waals surface area contributed by atoms with E-state index in [-0.39, 0.29) is 10.8 Å². The molecule has 100 valence electrons. The van der Waals surface area contributed by atoms with Crippen molar-refractivity contribution in [3.8, 4) is 5.82 Å². The van der Waals surface area contributed by atoms with Crippen LogP contribution in [0.1, 0.15) is 24.1 Å². The SMILES string of the molecule is CCc1nn(-c2cc(C)nc(C)n2)c(Cl)c1[N+](=O)[O-]. The van der Waals surface area contributed by atoms with Crippen molar-refractivity contribution in [3.63, 3.8) is 0 Å². The highest BCUT2D eigenvalue weighted by atomic mass is 35.5. The Morgan fingerprint density at radius 2 is 2.11 bits per heavy atom. The number of aromatic nitrogens is 4. The number of nitro groups is 1. The molecular weight excluding hydrogens is 270 g/mol. The zero-order chi connectivity index (χ0) is 14.2. The third-order valence-corrected chi connectivity index (χ3v) is 2.90. The Kier molecular flexibility index (Phi) is 3.48. The standard InChI is InChI=1S/C11H12ClN5O2/c1-4-8-10(17(18)19)11(12)16(15-8)9-5-6(2)13-7(3)14-9/h5H,4H2,1-3H3. The summed E-state index contributed by atoms with van der Waals surface area (Å²) >= 11 is 6.04. The maximum absolute atomic E-state index is 11.0. The van der Waals surface area contributed by atoms with Gasteiger partial charge in [-0.15, -0.1) is 0 Å². The Balaban J connectivity index is 2.66.